The zero-order chi connectivity index (χ0) is 10.8. The summed E-state index contributed by atoms with van der Waals surface area (Å²) >= 11 is 0. The highest BCUT2D eigenvalue weighted by molar-refractivity contribution is 5.44. The standard InChI is InChI=1S/C11H15N5/c1-2-9(8-12-5-1)14-10-3-4-11-13-6-7-16(11)15-10/h3-4,6-7,9,12H,1-2,5,8H2,(H,14,15)/t9-/m1/s1. The van der Waals surface area contributed by atoms with Gasteiger partial charge in [0.25, 0.3) is 0 Å². The molecule has 1 saturated heterocycles. The fraction of sp³-hybridized carbons (Fsp3) is 0.455. The predicted molar refractivity (Wildman–Crippen MR) is 62.5 cm³/mol. The molecule has 84 valence electrons. The Morgan fingerprint density at radius 2 is 2.44 bits per heavy atom. The number of fused-ring (bicyclic) bond motifs is 1. The lowest BCUT2D eigenvalue weighted by atomic mass is 10.1. The number of piperidine rings is 1. The number of aromatic nitrogens is 3. The SMILES string of the molecule is c1cn2nc(N[C@@H]3CCCNC3)ccc2n1. The summed E-state index contributed by atoms with van der Waals surface area (Å²) in [5, 5.41) is 11.3. The smallest absolute Gasteiger partial charge is 0.153 e. The minimum atomic E-state index is 0.488. The zero-order valence-electron chi connectivity index (χ0n) is 9.06. The average Bonchev–Trinajstić information content (AvgIpc) is 2.77. The van der Waals surface area contributed by atoms with Gasteiger partial charge in [0, 0.05) is 25.0 Å². The molecule has 2 aromatic rings. The van der Waals surface area contributed by atoms with Crippen LogP contribution in [0.5, 0.6) is 0 Å². The maximum Gasteiger partial charge on any atom is 0.153 e. The number of hydrogen-bond acceptors (Lipinski definition) is 4. The quantitative estimate of drug-likeness (QED) is 0.784. The van der Waals surface area contributed by atoms with Gasteiger partial charge in [0.05, 0.1) is 0 Å². The third-order valence-corrected chi connectivity index (χ3v) is 2.90. The molecular weight excluding hydrogens is 202 g/mol. The van der Waals surface area contributed by atoms with E-state index in [0.717, 1.165) is 24.6 Å². The van der Waals surface area contributed by atoms with Crippen LogP contribution in [0.25, 0.3) is 5.65 Å². The number of rotatable bonds is 2. The Labute approximate surface area is 93.9 Å². The Balaban J connectivity index is 1.77. The van der Waals surface area contributed by atoms with E-state index >= 15 is 0 Å². The second-order valence-electron chi connectivity index (χ2n) is 4.14. The molecule has 3 heterocycles. The Morgan fingerprint density at radius 3 is 3.31 bits per heavy atom. The molecule has 5 heteroatoms. The summed E-state index contributed by atoms with van der Waals surface area (Å²) in [6, 6.07) is 4.45. The molecule has 0 radical (unpaired) electrons. The number of hydrogen-bond donors (Lipinski definition) is 2. The second kappa shape index (κ2) is 4.09. The van der Waals surface area contributed by atoms with Crippen LogP contribution in [0.1, 0.15) is 12.8 Å². The van der Waals surface area contributed by atoms with E-state index < -0.39 is 0 Å². The molecule has 5 nitrogen and oxygen atoms in total. The van der Waals surface area contributed by atoms with Crippen LogP contribution in [-0.4, -0.2) is 33.7 Å². The first kappa shape index (κ1) is 9.59. The lowest BCUT2D eigenvalue weighted by Gasteiger charge is -2.24. The van der Waals surface area contributed by atoms with Crippen LogP contribution in [-0.2, 0) is 0 Å². The highest BCUT2D eigenvalue weighted by Crippen LogP contribution is 2.10. The van der Waals surface area contributed by atoms with Gasteiger partial charge in [-0.15, -0.1) is 5.10 Å². The van der Waals surface area contributed by atoms with Crippen LogP contribution < -0.4 is 10.6 Å². The third kappa shape index (κ3) is 1.86. The number of anilines is 1. The Morgan fingerprint density at radius 1 is 1.44 bits per heavy atom. The largest absolute Gasteiger partial charge is 0.365 e. The molecule has 1 aliphatic rings. The highest BCUT2D eigenvalue weighted by atomic mass is 15.3. The summed E-state index contributed by atoms with van der Waals surface area (Å²) in [4.78, 5) is 4.17. The molecule has 1 aliphatic heterocycles. The molecule has 0 amide bonds. The van der Waals surface area contributed by atoms with Crippen molar-refractivity contribution in [1.29, 1.82) is 0 Å². The normalized spacial score (nSPS) is 21.1. The van der Waals surface area contributed by atoms with Crippen molar-refractivity contribution in [2.45, 2.75) is 18.9 Å². The van der Waals surface area contributed by atoms with Gasteiger partial charge in [0.1, 0.15) is 5.82 Å². The second-order valence-corrected chi connectivity index (χ2v) is 4.14. The van der Waals surface area contributed by atoms with Gasteiger partial charge in [-0.05, 0) is 31.5 Å². The topological polar surface area (TPSA) is 54.2 Å². The molecule has 3 rings (SSSR count). The summed E-state index contributed by atoms with van der Waals surface area (Å²) in [6.45, 7) is 2.15. The van der Waals surface area contributed by atoms with Gasteiger partial charge in [-0.1, -0.05) is 0 Å². The molecule has 16 heavy (non-hydrogen) atoms. The number of nitrogens with zero attached hydrogens (tertiary/aromatic N) is 3. The van der Waals surface area contributed by atoms with E-state index in [1.807, 2.05) is 18.3 Å². The number of nitrogens with one attached hydrogen (secondary N) is 2. The van der Waals surface area contributed by atoms with Crippen molar-refractivity contribution in [3.8, 4) is 0 Å². The van der Waals surface area contributed by atoms with Gasteiger partial charge < -0.3 is 10.6 Å². The van der Waals surface area contributed by atoms with E-state index in [0.29, 0.717) is 6.04 Å². The molecule has 1 atom stereocenters. The minimum Gasteiger partial charge on any atom is -0.365 e. The van der Waals surface area contributed by atoms with Crippen molar-refractivity contribution in [3.63, 3.8) is 0 Å². The first-order valence-electron chi connectivity index (χ1n) is 5.69. The molecule has 0 aliphatic carbocycles. The average molecular weight is 217 g/mol. The fourth-order valence-corrected chi connectivity index (χ4v) is 2.08. The molecule has 0 unspecified atom stereocenters. The summed E-state index contributed by atoms with van der Waals surface area (Å²) in [5.41, 5.74) is 0.882. The predicted octanol–water partition coefficient (Wildman–Crippen LogP) is 0.893. The monoisotopic (exact) mass is 217 g/mol. The molecule has 1 fully saturated rings. The lowest BCUT2D eigenvalue weighted by molar-refractivity contribution is 0.478. The van der Waals surface area contributed by atoms with Crippen LogP contribution >= 0.6 is 0 Å². The van der Waals surface area contributed by atoms with Gasteiger partial charge >= 0.3 is 0 Å². The molecule has 0 saturated carbocycles. The Bertz CT molecular complexity index is 472. The van der Waals surface area contributed by atoms with Crippen molar-refractivity contribution < 1.29 is 0 Å². The molecule has 0 spiro atoms. The third-order valence-electron chi connectivity index (χ3n) is 2.90. The maximum absolute atomic E-state index is 4.44. The fourth-order valence-electron chi connectivity index (χ4n) is 2.08. The van der Waals surface area contributed by atoms with E-state index in [-0.39, 0.29) is 0 Å². The molecule has 2 aromatic heterocycles. The van der Waals surface area contributed by atoms with Crippen LogP contribution in [0.4, 0.5) is 5.82 Å². The molecule has 0 aromatic carbocycles. The van der Waals surface area contributed by atoms with Crippen molar-refractivity contribution in [3.05, 3.63) is 24.5 Å². The molecular formula is C11H15N5. The van der Waals surface area contributed by atoms with Gasteiger partial charge in [0.15, 0.2) is 5.65 Å². The lowest BCUT2D eigenvalue weighted by Crippen LogP contribution is -2.38. The van der Waals surface area contributed by atoms with Crippen molar-refractivity contribution in [2.75, 3.05) is 18.4 Å². The van der Waals surface area contributed by atoms with Crippen molar-refractivity contribution in [1.82, 2.24) is 19.9 Å². The number of imidazole rings is 1. The van der Waals surface area contributed by atoms with Crippen molar-refractivity contribution in [2.24, 2.45) is 0 Å². The van der Waals surface area contributed by atoms with Gasteiger partial charge in [-0.25, -0.2) is 9.50 Å². The first-order chi connectivity index (χ1) is 7.92. The minimum absolute atomic E-state index is 0.488. The van der Waals surface area contributed by atoms with Crippen LogP contribution in [0, 0.1) is 0 Å². The summed E-state index contributed by atoms with van der Waals surface area (Å²) in [6.07, 6.45) is 6.05. The Hall–Kier alpha value is -1.62. The highest BCUT2D eigenvalue weighted by Gasteiger charge is 2.12. The Kier molecular flexibility index (Phi) is 2.46. The zero-order valence-corrected chi connectivity index (χ0v) is 9.06. The van der Waals surface area contributed by atoms with Crippen LogP contribution in [0.2, 0.25) is 0 Å². The van der Waals surface area contributed by atoms with Crippen molar-refractivity contribution >= 4 is 11.5 Å². The van der Waals surface area contributed by atoms with Gasteiger partial charge in [0.2, 0.25) is 0 Å². The van der Waals surface area contributed by atoms with E-state index in [4.69, 9.17) is 0 Å². The van der Waals surface area contributed by atoms with Crippen LogP contribution in [0.3, 0.4) is 0 Å². The van der Waals surface area contributed by atoms with Gasteiger partial charge in [-0.2, -0.15) is 0 Å². The van der Waals surface area contributed by atoms with Gasteiger partial charge in [-0.3, -0.25) is 0 Å². The van der Waals surface area contributed by atoms with E-state index in [9.17, 15) is 0 Å². The molecule has 0 bridgehead atoms. The van der Waals surface area contributed by atoms with Crippen LogP contribution in [0.15, 0.2) is 24.5 Å². The summed E-state index contributed by atoms with van der Waals surface area (Å²) in [5.74, 6) is 0.916. The van der Waals surface area contributed by atoms with E-state index in [2.05, 4.69) is 20.7 Å². The molecule has 2 N–H and O–H groups in total. The van der Waals surface area contributed by atoms with E-state index in [1.54, 1.807) is 10.7 Å². The van der Waals surface area contributed by atoms with E-state index in [1.165, 1.54) is 12.8 Å². The maximum atomic E-state index is 4.44. The first-order valence-corrected chi connectivity index (χ1v) is 5.69. The summed E-state index contributed by atoms with van der Waals surface area (Å²) < 4.78 is 1.79. The summed E-state index contributed by atoms with van der Waals surface area (Å²) in [7, 11) is 0.